The minimum absolute atomic E-state index is 0.119. The Hall–Kier alpha value is -1.16. The Kier molecular flexibility index (Phi) is 5.08. The molecule has 0 saturated carbocycles. The predicted octanol–water partition coefficient (Wildman–Crippen LogP) is 2.95. The highest BCUT2D eigenvalue weighted by molar-refractivity contribution is 5.20. The molecule has 0 aliphatic heterocycles. The van der Waals surface area contributed by atoms with Gasteiger partial charge in [0.1, 0.15) is 5.69 Å². The summed E-state index contributed by atoms with van der Waals surface area (Å²) >= 11 is 0. The van der Waals surface area contributed by atoms with Crippen molar-refractivity contribution in [1.82, 2.24) is 9.97 Å². The molecule has 2 atom stereocenters. The van der Waals surface area contributed by atoms with Crippen LogP contribution in [0.2, 0.25) is 0 Å². The lowest BCUT2D eigenvalue weighted by Gasteiger charge is -2.25. The quantitative estimate of drug-likeness (QED) is 0.874. The number of hydrogen-bond donors (Lipinski definition) is 1. The van der Waals surface area contributed by atoms with Crippen LogP contribution in [0.1, 0.15) is 52.3 Å². The number of methoxy groups -OCH3 is 1. The predicted molar refractivity (Wildman–Crippen MR) is 73.4 cm³/mol. The van der Waals surface area contributed by atoms with Gasteiger partial charge in [0, 0.05) is 12.4 Å². The molecule has 2 unspecified atom stereocenters. The Balaban J connectivity index is 2.67. The van der Waals surface area contributed by atoms with E-state index in [-0.39, 0.29) is 6.04 Å². The van der Waals surface area contributed by atoms with Crippen LogP contribution in [-0.4, -0.2) is 17.1 Å². The number of hydrogen-bond acceptors (Lipinski definition) is 4. The Morgan fingerprint density at radius 3 is 2.44 bits per heavy atom. The van der Waals surface area contributed by atoms with Crippen LogP contribution in [0, 0.1) is 11.3 Å². The maximum Gasteiger partial charge on any atom is 0.236 e. The summed E-state index contributed by atoms with van der Waals surface area (Å²) in [7, 11) is 1.60. The first-order chi connectivity index (χ1) is 8.33. The Bertz CT molecular complexity index is 374. The third kappa shape index (κ3) is 4.61. The highest BCUT2D eigenvalue weighted by Gasteiger charge is 2.21. The fraction of sp³-hybridized carbons (Fsp3) is 0.714. The molecule has 0 saturated heterocycles. The van der Waals surface area contributed by atoms with Crippen molar-refractivity contribution in [2.24, 2.45) is 17.1 Å². The minimum Gasteiger partial charge on any atom is -0.480 e. The van der Waals surface area contributed by atoms with E-state index >= 15 is 0 Å². The first-order valence-corrected chi connectivity index (χ1v) is 6.44. The maximum atomic E-state index is 6.21. The molecule has 0 bridgehead atoms. The van der Waals surface area contributed by atoms with E-state index in [1.54, 1.807) is 19.5 Å². The minimum atomic E-state index is -0.119. The molecule has 0 aliphatic carbocycles. The monoisotopic (exact) mass is 251 g/mol. The maximum absolute atomic E-state index is 6.21. The summed E-state index contributed by atoms with van der Waals surface area (Å²) in [4.78, 5) is 8.42. The molecule has 2 N–H and O–H groups in total. The van der Waals surface area contributed by atoms with Gasteiger partial charge in [-0.3, -0.25) is 4.98 Å². The van der Waals surface area contributed by atoms with Crippen molar-refractivity contribution in [3.8, 4) is 5.88 Å². The summed E-state index contributed by atoms with van der Waals surface area (Å²) in [6.07, 6.45) is 5.31. The average Bonchev–Trinajstić information content (AvgIpc) is 2.26. The lowest BCUT2D eigenvalue weighted by molar-refractivity contribution is 0.283. The van der Waals surface area contributed by atoms with E-state index in [1.807, 2.05) is 0 Å². The fourth-order valence-electron chi connectivity index (χ4n) is 2.42. The summed E-state index contributed by atoms with van der Waals surface area (Å²) in [6.45, 7) is 8.97. The van der Waals surface area contributed by atoms with Crippen LogP contribution >= 0.6 is 0 Å². The summed E-state index contributed by atoms with van der Waals surface area (Å²) in [5.41, 5.74) is 7.28. The summed E-state index contributed by atoms with van der Waals surface area (Å²) in [5.74, 6) is 1.08. The lowest BCUT2D eigenvalue weighted by atomic mass is 9.82. The second-order valence-electron chi connectivity index (χ2n) is 6.16. The highest BCUT2D eigenvalue weighted by Crippen LogP contribution is 2.30. The van der Waals surface area contributed by atoms with Crippen LogP contribution in [0.4, 0.5) is 0 Å². The molecule has 0 fully saturated rings. The van der Waals surface area contributed by atoms with Gasteiger partial charge in [-0.15, -0.1) is 0 Å². The van der Waals surface area contributed by atoms with Crippen LogP contribution in [0.5, 0.6) is 5.88 Å². The van der Waals surface area contributed by atoms with Crippen LogP contribution in [0.15, 0.2) is 12.4 Å². The molecule has 18 heavy (non-hydrogen) atoms. The second-order valence-corrected chi connectivity index (χ2v) is 6.16. The largest absolute Gasteiger partial charge is 0.480 e. The number of nitrogens with zero attached hydrogens (tertiary/aromatic N) is 2. The molecule has 1 aromatic heterocycles. The molecule has 0 amide bonds. The van der Waals surface area contributed by atoms with Gasteiger partial charge in [0.25, 0.3) is 0 Å². The van der Waals surface area contributed by atoms with Crippen molar-refractivity contribution in [2.45, 2.75) is 46.6 Å². The zero-order chi connectivity index (χ0) is 13.8. The normalized spacial score (nSPS) is 15.2. The van der Waals surface area contributed by atoms with E-state index in [1.165, 1.54) is 0 Å². The zero-order valence-electron chi connectivity index (χ0n) is 12.1. The lowest BCUT2D eigenvalue weighted by Crippen LogP contribution is -2.19. The van der Waals surface area contributed by atoms with Gasteiger partial charge in [-0.05, 0) is 24.2 Å². The van der Waals surface area contributed by atoms with E-state index in [4.69, 9.17) is 10.5 Å². The average molecular weight is 251 g/mol. The number of rotatable bonds is 5. The number of nitrogens with two attached hydrogens (primary N) is 1. The van der Waals surface area contributed by atoms with Crippen molar-refractivity contribution < 1.29 is 4.74 Å². The van der Waals surface area contributed by atoms with Gasteiger partial charge in [-0.1, -0.05) is 27.7 Å². The third-order valence-electron chi connectivity index (χ3n) is 2.85. The van der Waals surface area contributed by atoms with E-state index in [0.29, 0.717) is 17.2 Å². The van der Waals surface area contributed by atoms with E-state index < -0.39 is 0 Å². The van der Waals surface area contributed by atoms with Gasteiger partial charge >= 0.3 is 0 Å². The standard InChI is InChI=1S/C14H25N3O/c1-10(9-14(2,3)4)8-11(15)12-13(18-5)17-7-6-16-12/h6-7,10-11H,8-9,15H2,1-5H3. The van der Waals surface area contributed by atoms with Gasteiger partial charge in [-0.2, -0.15) is 0 Å². The van der Waals surface area contributed by atoms with Gasteiger partial charge in [0.2, 0.25) is 5.88 Å². The highest BCUT2D eigenvalue weighted by atomic mass is 16.5. The van der Waals surface area contributed by atoms with Crippen molar-refractivity contribution in [2.75, 3.05) is 7.11 Å². The molecular formula is C14H25N3O. The molecule has 1 rings (SSSR count). The van der Waals surface area contributed by atoms with Gasteiger partial charge in [0.15, 0.2) is 0 Å². The fourth-order valence-corrected chi connectivity index (χ4v) is 2.42. The van der Waals surface area contributed by atoms with Crippen LogP contribution in [-0.2, 0) is 0 Å². The third-order valence-corrected chi connectivity index (χ3v) is 2.85. The van der Waals surface area contributed by atoms with Gasteiger partial charge < -0.3 is 10.5 Å². The number of ether oxygens (including phenoxy) is 1. The van der Waals surface area contributed by atoms with Crippen molar-refractivity contribution in [3.63, 3.8) is 0 Å². The molecule has 102 valence electrons. The number of aromatic nitrogens is 2. The molecule has 4 nitrogen and oxygen atoms in total. The van der Waals surface area contributed by atoms with E-state index in [0.717, 1.165) is 18.5 Å². The smallest absolute Gasteiger partial charge is 0.236 e. The Labute approximate surface area is 110 Å². The first kappa shape index (κ1) is 14.9. The van der Waals surface area contributed by atoms with E-state index in [9.17, 15) is 0 Å². The molecule has 0 spiro atoms. The van der Waals surface area contributed by atoms with E-state index in [2.05, 4.69) is 37.7 Å². The van der Waals surface area contributed by atoms with Gasteiger partial charge in [-0.25, -0.2) is 4.98 Å². The van der Waals surface area contributed by atoms with Crippen molar-refractivity contribution in [1.29, 1.82) is 0 Å². The Morgan fingerprint density at radius 2 is 1.89 bits per heavy atom. The molecule has 4 heteroatoms. The molecule has 0 aliphatic rings. The molecule has 1 aromatic rings. The van der Waals surface area contributed by atoms with Gasteiger partial charge in [0.05, 0.1) is 13.2 Å². The van der Waals surface area contributed by atoms with Crippen molar-refractivity contribution >= 4 is 0 Å². The summed E-state index contributed by atoms with van der Waals surface area (Å²) in [5, 5.41) is 0. The van der Waals surface area contributed by atoms with Crippen LogP contribution in [0.3, 0.4) is 0 Å². The summed E-state index contributed by atoms with van der Waals surface area (Å²) in [6, 6.07) is -0.119. The van der Waals surface area contributed by atoms with Crippen LogP contribution in [0.25, 0.3) is 0 Å². The molecule has 0 radical (unpaired) electrons. The topological polar surface area (TPSA) is 61.0 Å². The SMILES string of the molecule is COc1nccnc1C(N)CC(C)CC(C)(C)C. The Morgan fingerprint density at radius 1 is 1.28 bits per heavy atom. The van der Waals surface area contributed by atoms with Crippen LogP contribution < -0.4 is 10.5 Å². The zero-order valence-corrected chi connectivity index (χ0v) is 12.1. The molecule has 1 heterocycles. The summed E-state index contributed by atoms with van der Waals surface area (Å²) < 4.78 is 5.20. The van der Waals surface area contributed by atoms with Crippen molar-refractivity contribution in [3.05, 3.63) is 18.1 Å². The molecule has 0 aromatic carbocycles. The first-order valence-electron chi connectivity index (χ1n) is 6.44. The molecular weight excluding hydrogens is 226 g/mol. The second kappa shape index (κ2) is 6.14.